The molecule has 1 unspecified atom stereocenters. The molecule has 3 aromatic rings. The zero-order chi connectivity index (χ0) is 17.5. The number of halogens is 3. The summed E-state index contributed by atoms with van der Waals surface area (Å²) in [6, 6.07) is 8.85. The molecule has 1 heterocycles. The molecule has 9 heteroatoms. The Kier molecular flexibility index (Phi) is 3.88. The van der Waals surface area contributed by atoms with E-state index in [2.05, 4.69) is 9.97 Å². The highest BCUT2D eigenvalue weighted by molar-refractivity contribution is 7.85. The van der Waals surface area contributed by atoms with Crippen LogP contribution in [-0.4, -0.2) is 14.2 Å². The maximum atomic E-state index is 12.6. The van der Waals surface area contributed by atoms with Gasteiger partial charge in [0.25, 0.3) is 0 Å². The van der Waals surface area contributed by atoms with Crippen LogP contribution in [0.1, 0.15) is 5.56 Å². The highest BCUT2D eigenvalue weighted by atomic mass is 32.2. The standard InChI is InChI=1S/C15H11F3N4OS/c16-15(17,18)8-1-3-9(4-2-8)24(23)10-5-6-12-11(7-10)13(19)22-14(20)21-12/h1-7H,(H4,19,20,21,22). The van der Waals surface area contributed by atoms with Crippen molar-refractivity contribution in [1.29, 1.82) is 0 Å². The molecular weight excluding hydrogens is 341 g/mol. The van der Waals surface area contributed by atoms with Crippen LogP contribution >= 0.6 is 0 Å². The fraction of sp³-hybridized carbons (Fsp3) is 0.0667. The summed E-state index contributed by atoms with van der Waals surface area (Å²) in [5, 5.41) is 0.474. The number of fused-ring (bicyclic) bond motifs is 1. The maximum absolute atomic E-state index is 12.6. The molecule has 2 aromatic carbocycles. The van der Waals surface area contributed by atoms with Gasteiger partial charge in [-0.2, -0.15) is 18.2 Å². The van der Waals surface area contributed by atoms with Gasteiger partial charge in [0.2, 0.25) is 5.95 Å². The van der Waals surface area contributed by atoms with Gasteiger partial charge in [-0.15, -0.1) is 0 Å². The third kappa shape index (κ3) is 3.02. The van der Waals surface area contributed by atoms with Gasteiger partial charge >= 0.3 is 6.18 Å². The van der Waals surface area contributed by atoms with E-state index in [4.69, 9.17) is 11.5 Å². The zero-order valence-electron chi connectivity index (χ0n) is 12.0. The van der Waals surface area contributed by atoms with Gasteiger partial charge in [-0.3, -0.25) is 0 Å². The topological polar surface area (TPSA) is 94.9 Å². The van der Waals surface area contributed by atoms with Crippen molar-refractivity contribution in [3.05, 3.63) is 48.0 Å². The van der Waals surface area contributed by atoms with E-state index >= 15 is 0 Å². The summed E-state index contributed by atoms with van der Waals surface area (Å²) >= 11 is 0. The van der Waals surface area contributed by atoms with Crippen molar-refractivity contribution in [3.63, 3.8) is 0 Å². The van der Waals surface area contributed by atoms with Crippen LogP contribution in [0.15, 0.2) is 52.3 Å². The average molecular weight is 352 g/mol. The Morgan fingerprint density at radius 3 is 2.17 bits per heavy atom. The molecule has 3 rings (SSSR count). The monoisotopic (exact) mass is 352 g/mol. The molecule has 0 bridgehead atoms. The first-order valence-corrected chi connectivity index (χ1v) is 7.82. The van der Waals surface area contributed by atoms with Crippen LogP contribution in [-0.2, 0) is 17.0 Å². The van der Waals surface area contributed by atoms with Crippen LogP contribution in [0.4, 0.5) is 24.9 Å². The smallest absolute Gasteiger partial charge is 0.383 e. The summed E-state index contributed by atoms with van der Waals surface area (Å²) in [5.74, 6) is 0.167. The van der Waals surface area contributed by atoms with E-state index in [0.29, 0.717) is 15.8 Å². The largest absolute Gasteiger partial charge is 0.416 e. The van der Waals surface area contributed by atoms with E-state index in [1.807, 2.05) is 0 Å². The molecule has 0 saturated heterocycles. The summed E-state index contributed by atoms with van der Waals surface area (Å²) in [6.07, 6.45) is -4.44. The zero-order valence-corrected chi connectivity index (χ0v) is 12.9. The molecule has 0 fully saturated rings. The van der Waals surface area contributed by atoms with Gasteiger partial charge in [-0.25, -0.2) is 9.19 Å². The Labute approximate surface area is 137 Å². The lowest BCUT2D eigenvalue weighted by molar-refractivity contribution is -0.137. The Morgan fingerprint density at radius 1 is 0.917 bits per heavy atom. The molecule has 5 nitrogen and oxygen atoms in total. The molecule has 0 spiro atoms. The van der Waals surface area contributed by atoms with E-state index < -0.39 is 22.5 Å². The molecule has 24 heavy (non-hydrogen) atoms. The third-order valence-electron chi connectivity index (χ3n) is 3.32. The molecule has 1 aromatic heterocycles. The van der Waals surface area contributed by atoms with Crippen molar-refractivity contribution in [2.45, 2.75) is 16.0 Å². The van der Waals surface area contributed by atoms with Crippen molar-refractivity contribution < 1.29 is 17.4 Å². The summed E-state index contributed by atoms with van der Waals surface area (Å²) in [4.78, 5) is 8.47. The highest BCUT2D eigenvalue weighted by Gasteiger charge is 2.30. The lowest BCUT2D eigenvalue weighted by Gasteiger charge is -2.08. The van der Waals surface area contributed by atoms with Crippen LogP contribution in [0, 0.1) is 0 Å². The number of benzene rings is 2. The van der Waals surface area contributed by atoms with E-state index in [0.717, 1.165) is 12.1 Å². The minimum atomic E-state index is -4.44. The van der Waals surface area contributed by atoms with Gasteiger partial charge in [-0.05, 0) is 42.5 Å². The molecule has 0 radical (unpaired) electrons. The Balaban J connectivity index is 1.99. The Hall–Kier alpha value is -2.68. The molecule has 4 N–H and O–H groups in total. The minimum Gasteiger partial charge on any atom is -0.383 e. The van der Waals surface area contributed by atoms with E-state index in [1.165, 1.54) is 18.2 Å². The second-order valence-electron chi connectivity index (χ2n) is 4.94. The van der Waals surface area contributed by atoms with Gasteiger partial charge in [0, 0.05) is 15.2 Å². The number of hydrogen-bond donors (Lipinski definition) is 2. The number of rotatable bonds is 2. The first-order valence-electron chi connectivity index (χ1n) is 6.67. The summed E-state index contributed by atoms with van der Waals surface area (Å²) in [6.45, 7) is 0. The fourth-order valence-corrected chi connectivity index (χ4v) is 3.24. The SMILES string of the molecule is Nc1nc(N)c2cc(S(=O)c3ccc(C(F)(F)F)cc3)ccc2n1. The van der Waals surface area contributed by atoms with Crippen LogP contribution < -0.4 is 11.5 Å². The summed E-state index contributed by atoms with van der Waals surface area (Å²) in [5.41, 5.74) is 11.0. The van der Waals surface area contributed by atoms with Gasteiger partial charge in [-0.1, -0.05) is 0 Å². The van der Waals surface area contributed by atoms with Crippen molar-refractivity contribution in [1.82, 2.24) is 9.97 Å². The second kappa shape index (κ2) is 5.75. The summed E-state index contributed by atoms with van der Waals surface area (Å²) < 4.78 is 50.3. The van der Waals surface area contributed by atoms with Crippen LogP contribution in [0.2, 0.25) is 0 Å². The van der Waals surface area contributed by atoms with Crippen molar-refractivity contribution in [2.24, 2.45) is 0 Å². The number of anilines is 2. The van der Waals surface area contributed by atoms with Gasteiger partial charge in [0.05, 0.1) is 21.9 Å². The third-order valence-corrected chi connectivity index (χ3v) is 4.71. The van der Waals surface area contributed by atoms with Crippen molar-refractivity contribution in [2.75, 3.05) is 11.5 Å². The predicted octanol–water partition coefficient (Wildman–Crippen LogP) is 2.98. The number of hydrogen-bond acceptors (Lipinski definition) is 5. The Bertz CT molecular complexity index is 942. The normalized spacial score (nSPS) is 13.1. The molecule has 1 atom stereocenters. The Morgan fingerprint density at radius 2 is 1.54 bits per heavy atom. The molecule has 0 aliphatic rings. The molecular formula is C15H11F3N4OS. The molecule has 0 aliphatic carbocycles. The molecule has 0 amide bonds. The van der Waals surface area contributed by atoms with Crippen LogP contribution in [0.3, 0.4) is 0 Å². The molecule has 124 valence electrons. The fourth-order valence-electron chi connectivity index (χ4n) is 2.17. The van der Waals surface area contributed by atoms with Gasteiger partial charge < -0.3 is 11.5 Å². The lowest BCUT2D eigenvalue weighted by atomic mass is 10.2. The number of aromatic nitrogens is 2. The first kappa shape index (κ1) is 16.2. The van der Waals surface area contributed by atoms with Gasteiger partial charge in [0.15, 0.2) is 0 Å². The van der Waals surface area contributed by atoms with E-state index in [9.17, 15) is 17.4 Å². The van der Waals surface area contributed by atoms with E-state index in [-0.39, 0.29) is 16.7 Å². The number of nitrogens with two attached hydrogens (primary N) is 2. The van der Waals surface area contributed by atoms with Crippen LogP contribution in [0.5, 0.6) is 0 Å². The quantitative estimate of drug-likeness (QED) is 0.739. The molecule has 0 saturated carbocycles. The predicted molar refractivity (Wildman–Crippen MR) is 84.5 cm³/mol. The highest BCUT2D eigenvalue weighted by Crippen LogP contribution is 2.30. The minimum absolute atomic E-state index is 0.0246. The number of alkyl halides is 3. The first-order chi connectivity index (χ1) is 11.3. The van der Waals surface area contributed by atoms with Crippen molar-refractivity contribution >= 4 is 33.5 Å². The second-order valence-corrected chi connectivity index (χ2v) is 6.42. The van der Waals surface area contributed by atoms with Crippen LogP contribution in [0.25, 0.3) is 10.9 Å². The average Bonchev–Trinajstić information content (AvgIpc) is 2.53. The van der Waals surface area contributed by atoms with Crippen molar-refractivity contribution in [3.8, 4) is 0 Å². The van der Waals surface area contributed by atoms with E-state index in [1.54, 1.807) is 12.1 Å². The molecule has 0 aliphatic heterocycles. The van der Waals surface area contributed by atoms with Gasteiger partial charge in [0.1, 0.15) is 5.82 Å². The number of nitrogens with zero attached hydrogens (tertiary/aromatic N) is 2. The maximum Gasteiger partial charge on any atom is 0.416 e. The summed E-state index contributed by atoms with van der Waals surface area (Å²) in [7, 11) is -1.66. The lowest BCUT2D eigenvalue weighted by Crippen LogP contribution is -2.05. The number of nitrogen functional groups attached to an aromatic ring is 2.